The van der Waals surface area contributed by atoms with E-state index in [-0.39, 0.29) is 0 Å². The summed E-state index contributed by atoms with van der Waals surface area (Å²) in [7, 11) is -2.09. The van der Waals surface area contributed by atoms with Gasteiger partial charge in [-0.2, -0.15) is 8.42 Å². The molecule has 4 nitrogen and oxygen atoms in total. The largest absolute Gasteiger partial charge is 0.298 e. The van der Waals surface area contributed by atoms with Crippen LogP contribution in [-0.4, -0.2) is 15.5 Å². The van der Waals surface area contributed by atoms with Gasteiger partial charge in [-0.1, -0.05) is 0 Å². The first-order valence-electron chi connectivity index (χ1n) is 3.61. The van der Waals surface area contributed by atoms with Gasteiger partial charge in [0.05, 0.1) is 5.69 Å². The molecule has 0 aliphatic heterocycles. The summed E-state index contributed by atoms with van der Waals surface area (Å²) in [6, 6.07) is 5.34. The Hall–Kier alpha value is 0.140. The number of anilines is 1. The molecule has 14 heavy (non-hydrogen) atoms. The van der Waals surface area contributed by atoms with Crippen LogP contribution < -0.4 is 9.44 Å². The Bertz CT molecular complexity index is 435. The molecule has 0 aliphatic carbocycles. The Morgan fingerprint density at radius 1 is 1.43 bits per heavy atom. The number of benzene rings is 1. The number of hydrogen-bond donors (Lipinski definition) is 2. The predicted octanol–water partition coefficient (Wildman–Crippen LogP) is 1.93. The van der Waals surface area contributed by atoms with E-state index < -0.39 is 10.2 Å². The van der Waals surface area contributed by atoms with E-state index in [0.29, 0.717) is 10.2 Å². The van der Waals surface area contributed by atoms with Gasteiger partial charge in [0.1, 0.15) is 0 Å². The molecule has 0 bridgehead atoms. The normalized spacial score (nSPS) is 11.4. The van der Waals surface area contributed by atoms with Crippen molar-refractivity contribution in [3.05, 3.63) is 26.2 Å². The second-order valence-corrected chi connectivity index (χ2v) is 6.15. The molecule has 78 valence electrons. The van der Waals surface area contributed by atoms with Crippen molar-refractivity contribution in [2.24, 2.45) is 0 Å². The molecule has 0 saturated heterocycles. The van der Waals surface area contributed by atoms with E-state index in [4.69, 9.17) is 0 Å². The van der Waals surface area contributed by atoms with Gasteiger partial charge in [-0.25, -0.2) is 4.72 Å². The summed E-state index contributed by atoms with van der Waals surface area (Å²) in [6.07, 6.45) is 0. The van der Waals surface area contributed by atoms with E-state index in [1.54, 1.807) is 6.07 Å². The third-order valence-corrected chi connectivity index (χ3v) is 3.80. The van der Waals surface area contributed by atoms with Gasteiger partial charge in [-0.3, -0.25) is 4.72 Å². The van der Waals surface area contributed by atoms with Crippen molar-refractivity contribution in [3.63, 3.8) is 0 Å². The molecule has 0 fully saturated rings. The van der Waals surface area contributed by atoms with E-state index in [1.165, 1.54) is 7.05 Å². The van der Waals surface area contributed by atoms with Crippen LogP contribution in [0.4, 0.5) is 5.69 Å². The summed E-state index contributed by atoms with van der Waals surface area (Å²) < 4.78 is 28.6. The Kier molecular flexibility index (Phi) is 4.16. The van der Waals surface area contributed by atoms with E-state index >= 15 is 0 Å². The lowest BCUT2D eigenvalue weighted by atomic mass is 10.3. The standard InChI is InChI=1S/C7H8BrIN2O2S/c1-10-14(12,13)11-7-3-2-5(9)4-6(7)8/h2-4,10-11H,1H3. The van der Waals surface area contributed by atoms with Gasteiger partial charge in [0.25, 0.3) is 10.2 Å². The number of halogens is 2. The summed E-state index contributed by atoms with van der Waals surface area (Å²) in [5.41, 5.74) is 0.514. The monoisotopic (exact) mass is 390 g/mol. The van der Waals surface area contributed by atoms with E-state index in [2.05, 4.69) is 48.0 Å². The molecule has 1 aromatic rings. The molecule has 0 unspecified atom stereocenters. The highest BCUT2D eigenvalue weighted by molar-refractivity contribution is 14.1. The van der Waals surface area contributed by atoms with Crippen LogP contribution in [0, 0.1) is 3.57 Å². The Morgan fingerprint density at radius 3 is 2.57 bits per heavy atom. The van der Waals surface area contributed by atoms with Crippen molar-refractivity contribution < 1.29 is 8.42 Å². The van der Waals surface area contributed by atoms with Crippen LogP contribution in [0.2, 0.25) is 0 Å². The van der Waals surface area contributed by atoms with E-state index in [9.17, 15) is 8.42 Å². The lowest BCUT2D eigenvalue weighted by molar-refractivity contribution is 0.593. The molecule has 1 aromatic carbocycles. The highest BCUT2D eigenvalue weighted by Crippen LogP contribution is 2.24. The summed E-state index contributed by atoms with van der Waals surface area (Å²) in [4.78, 5) is 0. The minimum atomic E-state index is -3.44. The van der Waals surface area contributed by atoms with Gasteiger partial charge in [0.2, 0.25) is 0 Å². The first kappa shape index (κ1) is 12.2. The second kappa shape index (κ2) is 4.77. The topological polar surface area (TPSA) is 58.2 Å². The fourth-order valence-corrected chi connectivity index (χ4v) is 2.87. The van der Waals surface area contributed by atoms with Gasteiger partial charge in [-0.05, 0) is 56.7 Å². The maximum Gasteiger partial charge on any atom is 0.298 e. The Balaban J connectivity index is 2.99. The zero-order chi connectivity index (χ0) is 10.8. The van der Waals surface area contributed by atoms with Crippen LogP contribution in [0.1, 0.15) is 0 Å². The SMILES string of the molecule is CNS(=O)(=O)Nc1ccc(I)cc1Br. The third kappa shape index (κ3) is 3.37. The van der Waals surface area contributed by atoms with Gasteiger partial charge >= 0.3 is 0 Å². The van der Waals surface area contributed by atoms with Crippen LogP contribution >= 0.6 is 38.5 Å². The number of rotatable bonds is 3. The van der Waals surface area contributed by atoms with Gasteiger partial charge in [0, 0.05) is 15.1 Å². The van der Waals surface area contributed by atoms with Gasteiger partial charge in [0.15, 0.2) is 0 Å². The van der Waals surface area contributed by atoms with Crippen LogP contribution in [0.15, 0.2) is 22.7 Å². The minimum absolute atomic E-state index is 0.514. The molecule has 0 spiro atoms. The van der Waals surface area contributed by atoms with Crippen molar-refractivity contribution in [2.45, 2.75) is 0 Å². The van der Waals surface area contributed by atoms with Crippen molar-refractivity contribution in [1.29, 1.82) is 0 Å². The predicted molar refractivity (Wildman–Crippen MR) is 68.5 cm³/mol. The highest BCUT2D eigenvalue weighted by Gasteiger charge is 2.08. The molecule has 0 atom stereocenters. The summed E-state index contributed by atoms with van der Waals surface area (Å²) in [6.45, 7) is 0. The van der Waals surface area contributed by atoms with E-state index in [1.807, 2.05) is 12.1 Å². The first-order chi connectivity index (χ1) is 6.44. The first-order valence-corrected chi connectivity index (χ1v) is 6.96. The average molecular weight is 391 g/mol. The zero-order valence-corrected chi connectivity index (χ0v) is 11.8. The number of nitrogens with one attached hydrogen (secondary N) is 2. The van der Waals surface area contributed by atoms with Gasteiger partial charge < -0.3 is 0 Å². The Labute approximate surface area is 105 Å². The number of hydrogen-bond acceptors (Lipinski definition) is 2. The van der Waals surface area contributed by atoms with Crippen LogP contribution in [-0.2, 0) is 10.2 Å². The highest BCUT2D eigenvalue weighted by atomic mass is 127. The van der Waals surface area contributed by atoms with Crippen LogP contribution in [0.3, 0.4) is 0 Å². The molecule has 0 saturated carbocycles. The molecular weight excluding hydrogens is 383 g/mol. The molecular formula is C7H8BrIN2O2S. The fraction of sp³-hybridized carbons (Fsp3) is 0.143. The summed E-state index contributed by atoms with van der Waals surface area (Å²) >= 11 is 5.42. The van der Waals surface area contributed by atoms with Crippen molar-refractivity contribution >= 4 is 54.4 Å². The van der Waals surface area contributed by atoms with Crippen molar-refractivity contribution in [2.75, 3.05) is 11.8 Å². The van der Waals surface area contributed by atoms with Crippen molar-refractivity contribution in [3.8, 4) is 0 Å². The Morgan fingerprint density at radius 2 is 2.07 bits per heavy atom. The lowest BCUT2D eigenvalue weighted by Crippen LogP contribution is -2.26. The molecule has 0 aromatic heterocycles. The average Bonchev–Trinajstić information content (AvgIpc) is 2.10. The van der Waals surface area contributed by atoms with Crippen LogP contribution in [0.5, 0.6) is 0 Å². The molecule has 1 rings (SSSR count). The van der Waals surface area contributed by atoms with Crippen LogP contribution in [0.25, 0.3) is 0 Å². The smallest absolute Gasteiger partial charge is 0.270 e. The van der Waals surface area contributed by atoms with E-state index in [0.717, 1.165) is 3.57 Å². The maximum atomic E-state index is 11.2. The molecule has 0 radical (unpaired) electrons. The minimum Gasteiger partial charge on any atom is -0.270 e. The second-order valence-electron chi connectivity index (χ2n) is 2.43. The molecule has 2 N–H and O–H groups in total. The van der Waals surface area contributed by atoms with Gasteiger partial charge in [-0.15, -0.1) is 0 Å². The molecule has 0 heterocycles. The molecule has 0 amide bonds. The molecule has 0 aliphatic rings. The maximum absolute atomic E-state index is 11.2. The quantitative estimate of drug-likeness (QED) is 0.775. The van der Waals surface area contributed by atoms with Crippen molar-refractivity contribution in [1.82, 2.24) is 4.72 Å². The summed E-state index contributed by atoms with van der Waals surface area (Å²) in [5.74, 6) is 0. The zero-order valence-electron chi connectivity index (χ0n) is 7.21. The molecule has 7 heteroatoms. The third-order valence-electron chi connectivity index (χ3n) is 1.44. The summed E-state index contributed by atoms with van der Waals surface area (Å²) in [5, 5.41) is 0. The fourth-order valence-electron chi connectivity index (χ4n) is 0.768. The lowest BCUT2D eigenvalue weighted by Gasteiger charge is -2.08.